The number of benzene rings is 1. The van der Waals surface area contributed by atoms with E-state index in [0.29, 0.717) is 18.7 Å². The highest BCUT2D eigenvalue weighted by atomic mass is 32.2. The van der Waals surface area contributed by atoms with E-state index < -0.39 is 22.2 Å². The zero-order chi connectivity index (χ0) is 16.9. The highest BCUT2D eigenvalue weighted by Crippen LogP contribution is 2.12. The normalized spacial score (nSPS) is 20.3. The molecule has 2 rings (SSSR count). The molecule has 0 saturated carbocycles. The lowest BCUT2D eigenvalue weighted by molar-refractivity contribution is -0.0110. The van der Waals surface area contributed by atoms with E-state index in [0.717, 1.165) is 0 Å². The molecule has 2 atom stereocenters. The number of aliphatic hydroxyl groups excluding tert-OH is 1. The van der Waals surface area contributed by atoms with Crippen molar-refractivity contribution in [2.24, 2.45) is 0 Å². The predicted octanol–water partition coefficient (Wildman–Crippen LogP) is -0.172. The molecule has 8 heteroatoms. The molecule has 1 heterocycles. The number of nitrogens with one attached hydrogen (secondary N) is 1. The minimum Gasteiger partial charge on any atom is -0.392 e. The molecule has 23 heavy (non-hydrogen) atoms. The van der Waals surface area contributed by atoms with Crippen molar-refractivity contribution < 1.29 is 23.1 Å². The van der Waals surface area contributed by atoms with Crippen LogP contribution >= 0.6 is 0 Å². The number of rotatable bonds is 6. The van der Waals surface area contributed by atoms with Crippen molar-refractivity contribution in [1.29, 1.82) is 0 Å². The zero-order valence-corrected chi connectivity index (χ0v) is 13.8. The summed E-state index contributed by atoms with van der Waals surface area (Å²) in [5.74, 6) is -0.369. The summed E-state index contributed by atoms with van der Waals surface area (Å²) in [5, 5.41) is 9.15. The molecule has 0 unspecified atom stereocenters. The lowest BCUT2D eigenvalue weighted by Gasteiger charge is -2.33. The molecule has 1 aliphatic heterocycles. The molecular formula is C15H22N2O5S. The second-order valence-electron chi connectivity index (χ2n) is 5.59. The van der Waals surface area contributed by atoms with Gasteiger partial charge in [0.15, 0.2) is 0 Å². The van der Waals surface area contributed by atoms with Gasteiger partial charge in [0.2, 0.25) is 10.0 Å². The maximum Gasteiger partial charge on any atom is 0.254 e. The summed E-state index contributed by atoms with van der Waals surface area (Å²) in [6, 6.07) is 8.87. The summed E-state index contributed by atoms with van der Waals surface area (Å²) >= 11 is 0. The minimum atomic E-state index is -3.56. The van der Waals surface area contributed by atoms with Gasteiger partial charge in [-0.15, -0.1) is 0 Å². The minimum absolute atomic E-state index is 0.0400. The van der Waals surface area contributed by atoms with Crippen LogP contribution in [0.15, 0.2) is 30.3 Å². The molecule has 128 valence electrons. The van der Waals surface area contributed by atoms with Crippen molar-refractivity contribution >= 4 is 15.9 Å². The van der Waals surface area contributed by atoms with Crippen molar-refractivity contribution in [1.82, 2.24) is 9.62 Å². The van der Waals surface area contributed by atoms with E-state index in [1.165, 1.54) is 6.92 Å². The average Bonchev–Trinajstić information content (AvgIpc) is 2.53. The van der Waals surface area contributed by atoms with Crippen LogP contribution in [0.1, 0.15) is 17.3 Å². The largest absolute Gasteiger partial charge is 0.392 e. The Balaban J connectivity index is 1.94. The van der Waals surface area contributed by atoms with E-state index in [1.807, 2.05) is 6.07 Å². The smallest absolute Gasteiger partial charge is 0.254 e. The molecule has 1 aromatic rings. The van der Waals surface area contributed by atoms with Gasteiger partial charge in [0.25, 0.3) is 5.91 Å². The average molecular weight is 342 g/mol. The Kier molecular flexibility index (Phi) is 6.11. The maximum atomic E-state index is 12.4. The van der Waals surface area contributed by atoms with Crippen LogP contribution in [-0.2, 0) is 14.8 Å². The van der Waals surface area contributed by atoms with Crippen LogP contribution in [0.4, 0.5) is 0 Å². The van der Waals surface area contributed by atoms with E-state index in [4.69, 9.17) is 9.84 Å². The number of nitrogens with zero attached hydrogens (tertiary/aromatic N) is 1. The molecule has 1 fully saturated rings. The Morgan fingerprint density at radius 1 is 1.43 bits per heavy atom. The van der Waals surface area contributed by atoms with E-state index in [2.05, 4.69) is 4.72 Å². The molecule has 1 amide bonds. The Morgan fingerprint density at radius 3 is 2.78 bits per heavy atom. The number of ether oxygens (including phenoxy) is 1. The van der Waals surface area contributed by atoms with Crippen molar-refractivity contribution in [3.8, 4) is 0 Å². The number of aliphatic hydroxyl groups is 1. The van der Waals surface area contributed by atoms with Gasteiger partial charge in [-0.25, -0.2) is 13.1 Å². The summed E-state index contributed by atoms with van der Waals surface area (Å²) in [7, 11) is -3.56. The lowest BCUT2D eigenvalue weighted by atomic mass is 10.2. The lowest BCUT2D eigenvalue weighted by Crippen LogP contribution is -2.49. The molecule has 0 aromatic heterocycles. The number of amides is 1. The zero-order valence-electron chi connectivity index (χ0n) is 13.0. The van der Waals surface area contributed by atoms with Gasteiger partial charge in [-0.1, -0.05) is 18.2 Å². The number of carbonyl (C=O) groups excluding carboxylic acids is 1. The molecule has 1 aromatic carbocycles. The number of sulfonamides is 1. The van der Waals surface area contributed by atoms with Crippen molar-refractivity contribution in [3.05, 3.63) is 35.9 Å². The Hall–Kier alpha value is -1.48. The Morgan fingerprint density at radius 2 is 2.13 bits per heavy atom. The second-order valence-corrected chi connectivity index (χ2v) is 7.44. The number of morpholine rings is 1. The van der Waals surface area contributed by atoms with Crippen LogP contribution in [0, 0.1) is 0 Å². The van der Waals surface area contributed by atoms with Gasteiger partial charge in [0.1, 0.15) is 0 Å². The topological polar surface area (TPSA) is 95.9 Å². The summed E-state index contributed by atoms with van der Waals surface area (Å²) in [4.78, 5) is 14.0. The third-order valence-electron chi connectivity index (χ3n) is 3.45. The van der Waals surface area contributed by atoms with E-state index in [9.17, 15) is 13.2 Å². The fraction of sp³-hybridized carbons (Fsp3) is 0.533. The SMILES string of the molecule is C[C@H](O)CNS(=O)(=O)C[C@H]1CN(C(=O)c2ccccc2)CCO1. The summed E-state index contributed by atoms with van der Waals surface area (Å²) in [6.45, 7) is 2.42. The monoisotopic (exact) mass is 342 g/mol. The van der Waals surface area contributed by atoms with Crippen LogP contribution in [-0.4, -0.2) is 68.5 Å². The van der Waals surface area contributed by atoms with Crippen molar-refractivity contribution in [3.63, 3.8) is 0 Å². The first-order valence-electron chi connectivity index (χ1n) is 7.49. The molecule has 1 saturated heterocycles. The molecular weight excluding hydrogens is 320 g/mol. The molecule has 0 spiro atoms. The van der Waals surface area contributed by atoms with E-state index in [-0.39, 0.29) is 24.7 Å². The third-order valence-corrected chi connectivity index (χ3v) is 4.87. The van der Waals surface area contributed by atoms with Crippen molar-refractivity contribution in [2.45, 2.75) is 19.1 Å². The fourth-order valence-electron chi connectivity index (χ4n) is 2.32. The van der Waals surface area contributed by atoms with Gasteiger partial charge >= 0.3 is 0 Å². The Labute approximate surface area is 136 Å². The summed E-state index contributed by atoms with van der Waals surface area (Å²) in [5.41, 5.74) is 0.572. The summed E-state index contributed by atoms with van der Waals surface area (Å²) in [6.07, 6.45) is -1.34. The summed E-state index contributed by atoms with van der Waals surface area (Å²) < 4.78 is 31.7. The van der Waals surface area contributed by atoms with Crippen LogP contribution in [0.25, 0.3) is 0 Å². The molecule has 2 N–H and O–H groups in total. The first-order chi connectivity index (χ1) is 10.9. The number of hydrogen-bond acceptors (Lipinski definition) is 5. The molecule has 7 nitrogen and oxygen atoms in total. The van der Waals surface area contributed by atoms with Crippen molar-refractivity contribution in [2.75, 3.05) is 32.0 Å². The molecule has 0 aliphatic carbocycles. The van der Waals surface area contributed by atoms with Crippen LogP contribution in [0.5, 0.6) is 0 Å². The van der Waals surface area contributed by atoms with Gasteiger partial charge in [0, 0.05) is 25.2 Å². The first kappa shape index (κ1) is 17.9. The van der Waals surface area contributed by atoms with Gasteiger partial charge in [-0.05, 0) is 19.1 Å². The van der Waals surface area contributed by atoms with E-state index in [1.54, 1.807) is 29.2 Å². The van der Waals surface area contributed by atoms with Gasteiger partial charge in [0.05, 0.1) is 24.6 Å². The molecule has 0 bridgehead atoms. The second kappa shape index (κ2) is 7.87. The highest BCUT2D eigenvalue weighted by molar-refractivity contribution is 7.89. The quantitative estimate of drug-likeness (QED) is 0.748. The van der Waals surface area contributed by atoms with Crippen LogP contribution in [0.2, 0.25) is 0 Å². The van der Waals surface area contributed by atoms with Crippen LogP contribution in [0.3, 0.4) is 0 Å². The molecule has 0 radical (unpaired) electrons. The Bertz CT molecular complexity index is 618. The highest BCUT2D eigenvalue weighted by Gasteiger charge is 2.28. The standard InChI is InChI=1S/C15H22N2O5S/c1-12(18)9-16-23(20,21)11-14-10-17(7-8-22-14)15(19)13-5-3-2-4-6-13/h2-6,12,14,16,18H,7-11H2,1H3/t12-,14+/m0/s1. The third kappa shape index (κ3) is 5.58. The number of carbonyl (C=O) groups is 1. The maximum absolute atomic E-state index is 12.4. The molecule has 1 aliphatic rings. The fourth-order valence-corrected chi connectivity index (χ4v) is 3.62. The van der Waals surface area contributed by atoms with Gasteiger partial charge in [-0.3, -0.25) is 4.79 Å². The van der Waals surface area contributed by atoms with Crippen LogP contribution < -0.4 is 4.72 Å². The number of hydrogen-bond donors (Lipinski definition) is 2. The first-order valence-corrected chi connectivity index (χ1v) is 9.14. The van der Waals surface area contributed by atoms with Gasteiger partial charge in [-0.2, -0.15) is 0 Å². The van der Waals surface area contributed by atoms with Gasteiger partial charge < -0.3 is 14.7 Å². The van der Waals surface area contributed by atoms with E-state index >= 15 is 0 Å². The predicted molar refractivity (Wildman–Crippen MR) is 85.6 cm³/mol.